The first-order chi connectivity index (χ1) is 10.1. The molecule has 0 atom stereocenters. The molecular weight excluding hydrogens is 335 g/mol. The molecule has 0 saturated carbocycles. The van der Waals surface area contributed by atoms with E-state index in [1.54, 1.807) is 30.2 Å². The molecule has 6 heteroatoms. The summed E-state index contributed by atoms with van der Waals surface area (Å²) in [5.74, 6) is 0.243. The first-order valence-electron chi connectivity index (χ1n) is 6.26. The number of rotatable bonds is 2. The lowest BCUT2D eigenvalue weighted by Crippen LogP contribution is -1.97. The lowest BCUT2D eigenvalue weighted by atomic mass is 10.0. The van der Waals surface area contributed by atoms with Crippen LogP contribution in [-0.4, -0.2) is 14.8 Å². The number of nitrogen functional groups attached to an aromatic ring is 1. The molecule has 1 aromatic carbocycles. The van der Waals surface area contributed by atoms with Crippen molar-refractivity contribution in [3.63, 3.8) is 0 Å². The number of nitrogens with two attached hydrogens (primary N) is 1. The maximum absolute atomic E-state index is 13.3. The molecule has 2 heterocycles. The summed E-state index contributed by atoms with van der Waals surface area (Å²) in [6.45, 7) is 0. The summed E-state index contributed by atoms with van der Waals surface area (Å²) in [6, 6.07) is 8.24. The number of aryl methyl sites for hydroxylation is 1. The smallest absolute Gasteiger partial charge is 0.129 e. The predicted octanol–water partition coefficient (Wildman–Crippen LogP) is 3.63. The highest BCUT2D eigenvalue weighted by Gasteiger charge is 2.19. The van der Waals surface area contributed by atoms with Gasteiger partial charge in [0.15, 0.2) is 0 Å². The predicted molar refractivity (Wildman–Crippen MR) is 83.9 cm³/mol. The fourth-order valence-electron chi connectivity index (χ4n) is 2.21. The van der Waals surface area contributed by atoms with Crippen molar-refractivity contribution < 1.29 is 4.39 Å². The summed E-state index contributed by atoms with van der Waals surface area (Å²) in [7, 11) is 1.78. The van der Waals surface area contributed by atoms with Crippen LogP contribution in [0.4, 0.5) is 10.2 Å². The van der Waals surface area contributed by atoms with Gasteiger partial charge >= 0.3 is 0 Å². The summed E-state index contributed by atoms with van der Waals surface area (Å²) < 4.78 is 15.5. The number of hydrogen-bond donors (Lipinski definition) is 1. The highest BCUT2D eigenvalue weighted by Crippen LogP contribution is 2.38. The lowest BCUT2D eigenvalue weighted by Gasteiger charge is -2.06. The number of pyridine rings is 1. The SMILES string of the molecule is Cn1nc(-c2ccc(F)cc2Br)c(-c2ccncc2)c1N. The fraction of sp³-hybridized carbons (Fsp3) is 0.0667. The third-order valence-electron chi connectivity index (χ3n) is 3.25. The molecule has 21 heavy (non-hydrogen) atoms. The number of hydrogen-bond acceptors (Lipinski definition) is 3. The first kappa shape index (κ1) is 13.8. The Morgan fingerprint density at radius 3 is 2.57 bits per heavy atom. The van der Waals surface area contributed by atoms with Gasteiger partial charge in [0, 0.05) is 29.5 Å². The Balaban J connectivity index is 2.27. The quantitative estimate of drug-likeness (QED) is 0.770. The number of aromatic nitrogens is 3. The van der Waals surface area contributed by atoms with Gasteiger partial charge in [0.25, 0.3) is 0 Å². The van der Waals surface area contributed by atoms with Crippen molar-refractivity contribution in [2.45, 2.75) is 0 Å². The number of halogens is 2. The standard InChI is InChI=1S/C15H12BrFN4/c1-21-15(18)13(9-4-6-19-7-5-9)14(20-21)11-3-2-10(17)8-12(11)16/h2-8H,18H2,1H3. The van der Waals surface area contributed by atoms with Gasteiger partial charge in [-0.15, -0.1) is 0 Å². The van der Waals surface area contributed by atoms with Crippen molar-refractivity contribution in [2.75, 3.05) is 5.73 Å². The Hall–Kier alpha value is -2.21. The van der Waals surface area contributed by atoms with Crippen molar-refractivity contribution in [3.8, 4) is 22.4 Å². The van der Waals surface area contributed by atoms with Gasteiger partial charge in [-0.1, -0.05) is 0 Å². The molecule has 3 rings (SSSR count). The third kappa shape index (κ3) is 2.42. The number of benzene rings is 1. The molecule has 0 unspecified atom stereocenters. The van der Waals surface area contributed by atoms with E-state index in [1.807, 2.05) is 12.1 Å². The van der Waals surface area contributed by atoms with E-state index < -0.39 is 0 Å². The van der Waals surface area contributed by atoms with Crippen molar-refractivity contribution in [2.24, 2.45) is 7.05 Å². The summed E-state index contributed by atoms with van der Waals surface area (Å²) in [4.78, 5) is 4.01. The second kappa shape index (κ2) is 5.29. The second-order valence-corrected chi connectivity index (χ2v) is 5.45. The highest BCUT2D eigenvalue weighted by molar-refractivity contribution is 9.10. The molecular formula is C15H12BrFN4. The normalized spacial score (nSPS) is 10.8. The summed E-state index contributed by atoms with van der Waals surface area (Å²) in [6.07, 6.45) is 3.40. The monoisotopic (exact) mass is 346 g/mol. The zero-order valence-electron chi connectivity index (χ0n) is 11.2. The van der Waals surface area contributed by atoms with Crippen LogP contribution in [0.25, 0.3) is 22.4 Å². The molecule has 0 aliphatic heterocycles. The van der Waals surface area contributed by atoms with E-state index in [9.17, 15) is 4.39 Å². The van der Waals surface area contributed by atoms with E-state index >= 15 is 0 Å². The van der Waals surface area contributed by atoms with Gasteiger partial charge in [-0.3, -0.25) is 9.67 Å². The number of nitrogens with zero attached hydrogens (tertiary/aromatic N) is 3. The molecule has 0 aliphatic carbocycles. The van der Waals surface area contributed by atoms with Gasteiger partial charge in [-0.2, -0.15) is 5.10 Å². The van der Waals surface area contributed by atoms with E-state index in [0.29, 0.717) is 16.0 Å². The minimum Gasteiger partial charge on any atom is -0.383 e. The first-order valence-corrected chi connectivity index (χ1v) is 7.05. The maximum Gasteiger partial charge on any atom is 0.129 e. The van der Waals surface area contributed by atoms with Gasteiger partial charge in [0.1, 0.15) is 17.3 Å². The Kier molecular flexibility index (Phi) is 3.47. The molecule has 0 bridgehead atoms. The van der Waals surface area contributed by atoms with Gasteiger partial charge in [-0.25, -0.2) is 4.39 Å². The molecule has 0 saturated heterocycles. The molecule has 0 spiro atoms. The van der Waals surface area contributed by atoms with Crippen molar-refractivity contribution >= 4 is 21.7 Å². The second-order valence-electron chi connectivity index (χ2n) is 4.59. The molecule has 0 fully saturated rings. The van der Waals surface area contributed by atoms with Crippen LogP contribution < -0.4 is 5.73 Å². The average molecular weight is 347 g/mol. The molecule has 4 nitrogen and oxygen atoms in total. The van der Waals surface area contributed by atoms with Crippen LogP contribution in [0.1, 0.15) is 0 Å². The zero-order valence-corrected chi connectivity index (χ0v) is 12.8. The molecule has 2 aromatic heterocycles. The van der Waals surface area contributed by atoms with Crippen LogP contribution in [0.3, 0.4) is 0 Å². The lowest BCUT2D eigenvalue weighted by molar-refractivity contribution is 0.627. The van der Waals surface area contributed by atoms with E-state index in [2.05, 4.69) is 26.0 Å². The molecule has 3 aromatic rings. The van der Waals surface area contributed by atoms with Crippen molar-refractivity contribution in [1.29, 1.82) is 0 Å². The molecule has 0 radical (unpaired) electrons. The topological polar surface area (TPSA) is 56.7 Å². The van der Waals surface area contributed by atoms with Crippen LogP contribution in [0.2, 0.25) is 0 Å². The Morgan fingerprint density at radius 2 is 1.90 bits per heavy atom. The fourth-order valence-corrected chi connectivity index (χ4v) is 2.75. The maximum atomic E-state index is 13.3. The molecule has 0 amide bonds. The summed E-state index contributed by atoms with van der Waals surface area (Å²) in [5, 5.41) is 4.47. The van der Waals surface area contributed by atoms with Crippen LogP contribution in [0.5, 0.6) is 0 Å². The zero-order chi connectivity index (χ0) is 15.0. The minimum atomic E-state index is -0.306. The van der Waals surface area contributed by atoms with Crippen LogP contribution in [0, 0.1) is 5.82 Å². The third-order valence-corrected chi connectivity index (χ3v) is 3.90. The Labute approximate surface area is 129 Å². The molecule has 0 aliphatic rings. The largest absolute Gasteiger partial charge is 0.383 e. The van der Waals surface area contributed by atoms with E-state index in [1.165, 1.54) is 12.1 Å². The minimum absolute atomic E-state index is 0.306. The van der Waals surface area contributed by atoms with Crippen molar-refractivity contribution in [3.05, 3.63) is 53.0 Å². The molecule has 106 valence electrons. The average Bonchev–Trinajstić information content (AvgIpc) is 2.75. The van der Waals surface area contributed by atoms with Gasteiger partial charge < -0.3 is 5.73 Å². The Morgan fingerprint density at radius 1 is 1.19 bits per heavy atom. The Bertz CT molecular complexity index is 799. The van der Waals surface area contributed by atoms with Crippen LogP contribution in [-0.2, 0) is 7.05 Å². The van der Waals surface area contributed by atoms with Crippen molar-refractivity contribution in [1.82, 2.24) is 14.8 Å². The van der Waals surface area contributed by atoms with E-state index in [4.69, 9.17) is 5.73 Å². The van der Waals surface area contributed by atoms with E-state index in [0.717, 1.165) is 16.7 Å². The van der Waals surface area contributed by atoms with E-state index in [-0.39, 0.29) is 5.82 Å². The van der Waals surface area contributed by atoms with Gasteiger partial charge in [0.05, 0.1) is 5.56 Å². The summed E-state index contributed by atoms with van der Waals surface area (Å²) in [5.41, 5.74) is 9.36. The molecule has 2 N–H and O–H groups in total. The highest BCUT2D eigenvalue weighted by atomic mass is 79.9. The summed E-state index contributed by atoms with van der Waals surface area (Å²) >= 11 is 3.38. The van der Waals surface area contributed by atoms with Crippen LogP contribution in [0.15, 0.2) is 47.2 Å². The van der Waals surface area contributed by atoms with Gasteiger partial charge in [-0.05, 0) is 51.8 Å². The van der Waals surface area contributed by atoms with Gasteiger partial charge in [0.2, 0.25) is 0 Å². The number of anilines is 1. The van der Waals surface area contributed by atoms with Crippen LogP contribution >= 0.6 is 15.9 Å².